The van der Waals surface area contributed by atoms with Crippen molar-refractivity contribution in [3.05, 3.63) is 24.2 Å². The van der Waals surface area contributed by atoms with Gasteiger partial charge in [-0.2, -0.15) is 18.4 Å². The van der Waals surface area contributed by atoms with E-state index in [9.17, 15) is 18.3 Å². The maximum Gasteiger partial charge on any atom is 0.425 e. The number of halogens is 3. The summed E-state index contributed by atoms with van der Waals surface area (Å²) in [7, 11) is 0. The van der Waals surface area contributed by atoms with E-state index in [0.29, 0.717) is 0 Å². The van der Waals surface area contributed by atoms with Crippen molar-refractivity contribution in [1.29, 1.82) is 5.26 Å². The minimum Gasteiger partial charge on any atom is -0.466 e. The Bertz CT molecular complexity index is 338. The van der Waals surface area contributed by atoms with Gasteiger partial charge in [0.15, 0.2) is 0 Å². The summed E-state index contributed by atoms with van der Waals surface area (Å²) in [5, 5.41) is 17.5. The number of rotatable bonds is 2. The van der Waals surface area contributed by atoms with Crippen LogP contribution < -0.4 is 0 Å². The Labute approximate surface area is 77.4 Å². The monoisotopic (exact) mass is 205 g/mol. The SMILES string of the molecule is N#CCC(O)(c1ccco1)C(F)(F)F. The third-order valence-electron chi connectivity index (χ3n) is 1.73. The Morgan fingerprint density at radius 2 is 2.14 bits per heavy atom. The van der Waals surface area contributed by atoms with E-state index in [1.54, 1.807) is 0 Å². The molecule has 0 aromatic carbocycles. The van der Waals surface area contributed by atoms with Gasteiger partial charge in [-0.15, -0.1) is 0 Å². The molecule has 0 saturated carbocycles. The fourth-order valence-electron chi connectivity index (χ4n) is 0.955. The van der Waals surface area contributed by atoms with Gasteiger partial charge >= 0.3 is 6.18 Å². The van der Waals surface area contributed by atoms with Crippen LogP contribution in [0.2, 0.25) is 0 Å². The van der Waals surface area contributed by atoms with Crippen LogP contribution in [0, 0.1) is 11.3 Å². The van der Waals surface area contributed by atoms with E-state index in [2.05, 4.69) is 4.42 Å². The van der Waals surface area contributed by atoms with E-state index in [1.165, 1.54) is 12.1 Å². The first kappa shape index (κ1) is 10.6. The zero-order valence-electron chi connectivity index (χ0n) is 6.88. The van der Waals surface area contributed by atoms with Gasteiger partial charge in [0, 0.05) is 0 Å². The molecule has 14 heavy (non-hydrogen) atoms. The van der Waals surface area contributed by atoms with Crippen LogP contribution in [-0.2, 0) is 5.60 Å². The Balaban J connectivity index is 3.14. The van der Waals surface area contributed by atoms with Crippen molar-refractivity contribution in [2.45, 2.75) is 18.2 Å². The number of furan rings is 1. The smallest absolute Gasteiger partial charge is 0.425 e. The van der Waals surface area contributed by atoms with Gasteiger partial charge in [0.1, 0.15) is 5.76 Å². The number of nitriles is 1. The predicted molar refractivity (Wildman–Crippen MR) is 38.9 cm³/mol. The van der Waals surface area contributed by atoms with Crippen LogP contribution in [-0.4, -0.2) is 11.3 Å². The van der Waals surface area contributed by atoms with Crippen molar-refractivity contribution >= 4 is 0 Å². The van der Waals surface area contributed by atoms with Gasteiger partial charge in [-0.25, -0.2) is 0 Å². The molecule has 1 rings (SSSR count). The van der Waals surface area contributed by atoms with Crippen molar-refractivity contribution in [3.8, 4) is 6.07 Å². The molecule has 0 amide bonds. The van der Waals surface area contributed by atoms with Crippen LogP contribution in [0.5, 0.6) is 0 Å². The van der Waals surface area contributed by atoms with Gasteiger partial charge < -0.3 is 9.52 Å². The fourth-order valence-corrected chi connectivity index (χ4v) is 0.955. The Morgan fingerprint density at radius 1 is 1.50 bits per heavy atom. The lowest BCUT2D eigenvalue weighted by atomic mass is 9.97. The molecule has 1 aromatic heterocycles. The highest BCUT2D eigenvalue weighted by atomic mass is 19.4. The summed E-state index contributed by atoms with van der Waals surface area (Å²) in [6.45, 7) is 0. The van der Waals surface area contributed by atoms with E-state index < -0.39 is 24.0 Å². The molecule has 0 fully saturated rings. The topological polar surface area (TPSA) is 57.2 Å². The molecule has 76 valence electrons. The quantitative estimate of drug-likeness (QED) is 0.802. The summed E-state index contributed by atoms with van der Waals surface area (Å²) in [6.07, 6.45) is -5.02. The Kier molecular flexibility index (Phi) is 2.53. The zero-order valence-corrected chi connectivity index (χ0v) is 6.88. The minimum absolute atomic E-state index is 0.674. The summed E-state index contributed by atoms with van der Waals surface area (Å²) in [6, 6.07) is 3.46. The van der Waals surface area contributed by atoms with Gasteiger partial charge in [-0.05, 0) is 12.1 Å². The van der Waals surface area contributed by atoms with Gasteiger partial charge in [0.2, 0.25) is 5.60 Å². The molecular weight excluding hydrogens is 199 g/mol. The van der Waals surface area contributed by atoms with Gasteiger partial charge in [0.25, 0.3) is 0 Å². The molecular formula is C8H6F3NO2. The highest BCUT2D eigenvalue weighted by Crippen LogP contribution is 2.41. The lowest BCUT2D eigenvalue weighted by molar-refractivity contribution is -0.270. The molecule has 0 aliphatic carbocycles. The molecule has 0 bridgehead atoms. The first-order chi connectivity index (χ1) is 6.42. The second-order valence-electron chi connectivity index (χ2n) is 2.67. The molecule has 0 aliphatic rings. The van der Waals surface area contributed by atoms with Crippen molar-refractivity contribution in [2.24, 2.45) is 0 Å². The summed E-state index contributed by atoms with van der Waals surface area (Å²) >= 11 is 0. The maximum absolute atomic E-state index is 12.4. The highest BCUT2D eigenvalue weighted by Gasteiger charge is 2.57. The normalized spacial score (nSPS) is 15.9. The summed E-state index contributed by atoms with van der Waals surface area (Å²) in [5.41, 5.74) is -3.22. The number of aliphatic hydroxyl groups is 1. The predicted octanol–water partition coefficient (Wildman–Crippen LogP) is 1.94. The van der Waals surface area contributed by atoms with E-state index in [4.69, 9.17) is 5.26 Å². The fraction of sp³-hybridized carbons (Fsp3) is 0.375. The number of hydrogen-bond acceptors (Lipinski definition) is 3. The third-order valence-corrected chi connectivity index (χ3v) is 1.73. The van der Waals surface area contributed by atoms with Crippen molar-refractivity contribution in [1.82, 2.24) is 0 Å². The van der Waals surface area contributed by atoms with Crippen LogP contribution >= 0.6 is 0 Å². The number of nitrogens with zero attached hydrogens (tertiary/aromatic N) is 1. The van der Waals surface area contributed by atoms with Gasteiger partial charge in [-0.1, -0.05) is 0 Å². The number of alkyl halides is 3. The first-order valence-electron chi connectivity index (χ1n) is 3.62. The third kappa shape index (κ3) is 1.59. The van der Waals surface area contributed by atoms with E-state index >= 15 is 0 Å². The zero-order chi connectivity index (χ0) is 10.8. The standard InChI is InChI=1S/C8H6F3NO2/c9-8(10,11)7(13,3-4-12)6-2-1-5-14-6/h1-2,5,13H,3H2. The van der Waals surface area contributed by atoms with Crippen LogP contribution in [0.15, 0.2) is 22.8 Å². The van der Waals surface area contributed by atoms with Crippen LogP contribution in [0.3, 0.4) is 0 Å². The van der Waals surface area contributed by atoms with E-state index in [0.717, 1.165) is 12.3 Å². The van der Waals surface area contributed by atoms with Crippen molar-refractivity contribution in [3.63, 3.8) is 0 Å². The molecule has 0 radical (unpaired) electrons. The summed E-state index contributed by atoms with van der Waals surface area (Å²) in [5.74, 6) is -0.674. The van der Waals surface area contributed by atoms with Crippen LogP contribution in [0.1, 0.15) is 12.2 Å². The molecule has 1 aromatic rings. The van der Waals surface area contributed by atoms with E-state index in [-0.39, 0.29) is 0 Å². The molecule has 3 nitrogen and oxygen atoms in total. The lowest BCUT2D eigenvalue weighted by Gasteiger charge is -2.25. The molecule has 0 spiro atoms. The highest BCUT2D eigenvalue weighted by molar-refractivity contribution is 5.14. The Morgan fingerprint density at radius 3 is 2.50 bits per heavy atom. The molecule has 1 N–H and O–H groups in total. The number of hydrogen-bond donors (Lipinski definition) is 1. The molecule has 1 unspecified atom stereocenters. The largest absolute Gasteiger partial charge is 0.466 e. The van der Waals surface area contributed by atoms with Gasteiger partial charge in [0.05, 0.1) is 18.8 Å². The summed E-state index contributed by atoms with van der Waals surface area (Å²) < 4.78 is 41.6. The summed E-state index contributed by atoms with van der Waals surface area (Å²) in [4.78, 5) is 0. The first-order valence-corrected chi connectivity index (χ1v) is 3.62. The Hall–Kier alpha value is -1.48. The second kappa shape index (κ2) is 3.35. The molecule has 1 heterocycles. The maximum atomic E-state index is 12.4. The molecule has 6 heteroatoms. The second-order valence-corrected chi connectivity index (χ2v) is 2.67. The lowest BCUT2D eigenvalue weighted by Crippen LogP contribution is -2.41. The van der Waals surface area contributed by atoms with Gasteiger partial charge in [-0.3, -0.25) is 0 Å². The van der Waals surface area contributed by atoms with Crippen LogP contribution in [0.4, 0.5) is 13.2 Å². The average molecular weight is 205 g/mol. The molecule has 1 atom stereocenters. The minimum atomic E-state index is -4.93. The van der Waals surface area contributed by atoms with Crippen molar-refractivity contribution in [2.75, 3.05) is 0 Å². The van der Waals surface area contributed by atoms with Crippen molar-refractivity contribution < 1.29 is 22.7 Å². The van der Waals surface area contributed by atoms with Crippen LogP contribution in [0.25, 0.3) is 0 Å². The van der Waals surface area contributed by atoms with E-state index in [1.807, 2.05) is 0 Å². The molecule has 0 saturated heterocycles. The molecule has 0 aliphatic heterocycles. The average Bonchev–Trinajstić information content (AvgIpc) is 2.54.